The third kappa shape index (κ3) is 5.24. The Kier molecular flexibility index (Phi) is 7.20. The zero-order valence-corrected chi connectivity index (χ0v) is 19.2. The second-order valence-corrected chi connectivity index (χ2v) is 10.3. The molecule has 2 aliphatic carbocycles. The van der Waals surface area contributed by atoms with Crippen molar-refractivity contribution >= 4 is 23.5 Å². The van der Waals surface area contributed by atoms with Crippen LogP contribution in [0, 0.1) is 23.1 Å². The van der Waals surface area contributed by atoms with Gasteiger partial charge in [-0.1, -0.05) is 81.9 Å². The number of carbonyl (C=O) groups excluding carboxylic acids is 1. The fraction of sp³-hybridized carbons (Fsp3) is 0.680. The van der Waals surface area contributed by atoms with E-state index in [0.29, 0.717) is 22.4 Å². The average Bonchev–Trinajstić information content (AvgIpc) is 3.00. The summed E-state index contributed by atoms with van der Waals surface area (Å²) in [6.45, 7) is 0.208. The van der Waals surface area contributed by atoms with Crippen molar-refractivity contribution in [1.29, 1.82) is 5.41 Å². The number of hydrogen-bond donors (Lipinski definition) is 2. The third-order valence-electron chi connectivity index (χ3n) is 7.69. The molecule has 0 radical (unpaired) electrons. The van der Waals surface area contributed by atoms with E-state index in [4.69, 9.17) is 17.0 Å². The van der Waals surface area contributed by atoms with Crippen LogP contribution in [0.1, 0.15) is 89.0 Å². The van der Waals surface area contributed by atoms with Crippen LogP contribution in [-0.4, -0.2) is 22.3 Å². The Morgan fingerprint density at radius 2 is 1.71 bits per heavy atom. The van der Waals surface area contributed by atoms with E-state index in [2.05, 4.69) is 5.32 Å². The van der Waals surface area contributed by atoms with Crippen LogP contribution in [0.3, 0.4) is 0 Å². The number of benzene rings is 1. The van der Waals surface area contributed by atoms with E-state index < -0.39 is 11.4 Å². The van der Waals surface area contributed by atoms with Crippen molar-refractivity contribution in [2.45, 2.75) is 95.6 Å². The largest absolute Gasteiger partial charge is 0.342 e. The summed E-state index contributed by atoms with van der Waals surface area (Å²) in [6, 6.07) is 4.24. The SMILES string of the molecule is N=C1N[C@](CCC2CCCCC2)(CC2CCCCC2)C(=O)N1Cc1ccc(F)cc1Cl. The summed E-state index contributed by atoms with van der Waals surface area (Å²) in [5.41, 5.74) is -0.00743. The van der Waals surface area contributed by atoms with Crippen LogP contribution in [0.4, 0.5) is 4.39 Å². The number of nitrogens with one attached hydrogen (secondary N) is 2. The molecule has 1 aromatic rings. The van der Waals surface area contributed by atoms with Gasteiger partial charge in [0.25, 0.3) is 5.91 Å². The predicted octanol–water partition coefficient (Wildman–Crippen LogP) is 6.42. The highest BCUT2D eigenvalue weighted by molar-refractivity contribution is 6.31. The van der Waals surface area contributed by atoms with Gasteiger partial charge in [0.05, 0.1) is 6.54 Å². The molecule has 3 fully saturated rings. The van der Waals surface area contributed by atoms with E-state index in [9.17, 15) is 9.18 Å². The lowest BCUT2D eigenvalue weighted by atomic mass is 9.75. The van der Waals surface area contributed by atoms with Gasteiger partial charge in [0, 0.05) is 5.02 Å². The highest BCUT2D eigenvalue weighted by Gasteiger charge is 2.50. The second-order valence-electron chi connectivity index (χ2n) is 9.93. The molecule has 6 heteroatoms. The Hall–Kier alpha value is -1.62. The first-order valence-corrected chi connectivity index (χ1v) is 12.5. The Morgan fingerprint density at radius 1 is 1.06 bits per heavy atom. The first-order valence-electron chi connectivity index (χ1n) is 12.1. The first-order chi connectivity index (χ1) is 15.0. The maximum Gasteiger partial charge on any atom is 0.255 e. The standard InChI is InChI=1S/C25H35ClFN3O/c26-22-15-21(27)12-11-20(22)17-30-23(31)25(29-24(30)28,16-19-9-5-2-6-10-19)14-13-18-7-3-1-4-8-18/h11-12,15,18-19H,1-10,13-14,16-17H2,(H2,28,29)/t25-/m1/s1. The monoisotopic (exact) mass is 447 g/mol. The smallest absolute Gasteiger partial charge is 0.255 e. The van der Waals surface area contributed by atoms with Gasteiger partial charge in [0.2, 0.25) is 0 Å². The molecule has 3 aliphatic rings. The maximum absolute atomic E-state index is 13.8. The molecule has 4 rings (SSSR count). The van der Waals surface area contributed by atoms with Crippen LogP contribution in [-0.2, 0) is 11.3 Å². The van der Waals surface area contributed by atoms with E-state index >= 15 is 0 Å². The van der Waals surface area contributed by atoms with Crippen LogP contribution >= 0.6 is 11.6 Å². The van der Waals surface area contributed by atoms with Gasteiger partial charge in [-0.25, -0.2) is 4.39 Å². The third-order valence-corrected chi connectivity index (χ3v) is 8.04. The van der Waals surface area contributed by atoms with Crippen molar-refractivity contribution in [2.75, 3.05) is 0 Å². The molecule has 170 valence electrons. The maximum atomic E-state index is 13.8. The Bertz CT molecular complexity index is 804. The van der Waals surface area contributed by atoms with Gasteiger partial charge in [0.15, 0.2) is 5.96 Å². The van der Waals surface area contributed by atoms with E-state index in [0.717, 1.165) is 19.3 Å². The van der Waals surface area contributed by atoms with Gasteiger partial charge in [0.1, 0.15) is 11.4 Å². The van der Waals surface area contributed by atoms with Crippen molar-refractivity contribution < 1.29 is 9.18 Å². The number of carbonyl (C=O) groups is 1. The molecular weight excluding hydrogens is 413 g/mol. The molecular formula is C25H35ClFN3O. The minimum absolute atomic E-state index is 0.000672. The van der Waals surface area contributed by atoms with Crippen molar-refractivity contribution in [2.24, 2.45) is 11.8 Å². The molecule has 0 bridgehead atoms. The number of nitrogens with zero attached hydrogens (tertiary/aromatic N) is 1. The van der Waals surface area contributed by atoms with Gasteiger partial charge in [-0.2, -0.15) is 0 Å². The topological polar surface area (TPSA) is 56.2 Å². The number of halogens is 2. The number of hydrogen-bond acceptors (Lipinski definition) is 2. The van der Waals surface area contributed by atoms with Gasteiger partial charge < -0.3 is 5.32 Å². The minimum atomic E-state index is -0.678. The summed E-state index contributed by atoms with van der Waals surface area (Å²) >= 11 is 6.22. The summed E-state index contributed by atoms with van der Waals surface area (Å²) in [7, 11) is 0. The Labute approximate surface area is 190 Å². The molecule has 0 unspecified atom stereocenters. The molecule has 31 heavy (non-hydrogen) atoms. The number of amides is 1. The normalized spacial score (nSPS) is 25.8. The fourth-order valence-corrected chi connectivity index (χ4v) is 6.13. The highest BCUT2D eigenvalue weighted by Crippen LogP contribution is 2.39. The van der Waals surface area contributed by atoms with Crippen molar-refractivity contribution in [1.82, 2.24) is 10.2 Å². The molecule has 0 aromatic heterocycles. The lowest BCUT2D eigenvalue weighted by molar-refractivity contribution is -0.132. The molecule has 4 nitrogen and oxygen atoms in total. The summed E-state index contributed by atoms with van der Waals surface area (Å²) < 4.78 is 13.5. The Balaban J connectivity index is 1.52. The van der Waals surface area contributed by atoms with E-state index in [-0.39, 0.29) is 18.4 Å². The van der Waals surface area contributed by atoms with E-state index in [1.165, 1.54) is 81.2 Å². The van der Waals surface area contributed by atoms with Crippen LogP contribution < -0.4 is 5.32 Å². The lowest BCUT2D eigenvalue weighted by Crippen LogP contribution is -2.49. The van der Waals surface area contributed by atoms with E-state index in [1.807, 2.05) is 0 Å². The zero-order valence-electron chi connectivity index (χ0n) is 18.4. The van der Waals surface area contributed by atoms with Gasteiger partial charge in [-0.3, -0.25) is 15.1 Å². The van der Waals surface area contributed by atoms with Crippen molar-refractivity contribution in [3.05, 3.63) is 34.6 Å². The Morgan fingerprint density at radius 3 is 2.35 bits per heavy atom. The quantitative estimate of drug-likeness (QED) is 0.507. The summed E-state index contributed by atoms with van der Waals surface area (Å²) in [5, 5.41) is 12.2. The second kappa shape index (κ2) is 9.89. The summed E-state index contributed by atoms with van der Waals surface area (Å²) in [6.07, 6.45) is 15.2. The van der Waals surface area contributed by atoms with Crippen molar-refractivity contribution in [3.63, 3.8) is 0 Å². The van der Waals surface area contributed by atoms with Crippen LogP contribution in [0.2, 0.25) is 5.02 Å². The molecule has 1 saturated heterocycles. The number of rotatable bonds is 7. The molecule has 1 aliphatic heterocycles. The molecule has 2 N–H and O–H groups in total. The van der Waals surface area contributed by atoms with Crippen LogP contribution in [0.15, 0.2) is 18.2 Å². The van der Waals surface area contributed by atoms with E-state index in [1.54, 1.807) is 6.07 Å². The zero-order chi connectivity index (χ0) is 21.8. The minimum Gasteiger partial charge on any atom is -0.342 e. The number of guanidine groups is 1. The molecule has 1 amide bonds. The van der Waals surface area contributed by atoms with Crippen molar-refractivity contribution in [3.8, 4) is 0 Å². The van der Waals surface area contributed by atoms with Gasteiger partial charge in [-0.05, 0) is 48.8 Å². The van der Waals surface area contributed by atoms with Crippen LogP contribution in [0.5, 0.6) is 0 Å². The molecule has 2 saturated carbocycles. The summed E-state index contributed by atoms with van der Waals surface area (Å²) in [5.74, 6) is 0.998. The van der Waals surface area contributed by atoms with Gasteiger partial charge in [-0.15, -0.1) is 0 Å². The predicted molar refractivity (Wildman–Crippen MR) is 123 cm³/mol. The first kappa shape index (κ1) is 22.6. The average molecular weight is 448 g/mol. The van der Waals surface area contributed by atoms with Crippen LogP contribution in [0.25, 0.3) is 0 Å². The van der Waals surface area contributed by atoms with Gasteiger partial charge >= 0.3 is 0 Å². The fourth-order valence-electron chi connectivity index (χ4n) is 5.90. The molecule has 1 heterocycles. The molecule has 1 atom stereocenters. The lowest BCUT2D eigenvalue weighted by Gasteiger charge is -2.34. The highest BCUT2D eigenvalue weighted by atomic mass is 35.5. The molecule has 0 spiro atoms. The molecule has 1 aromatic carbocycles. The summed E-state index contributed by atoms with van der Waals surface area (Å²) in [4.78, 5) is 15.3.